The van der Waals surface area contributed by atoms with Crippen molar-refractivity contribution < 1.29 is 9.15 Å². The number of hydrogen-bond donors (Lipinski definition) is 0. The maximum absolute atomic E-state index is 9.29. The predicted octanol–water partition coefficient (Wildman–Crippen LogP) is 2.16. The van der Waals surface area contributed by atoms with Gasteiger partial charge >= 0.3 is 0 Å². The highest BCUT2D eigenvalue weighted by Crippen LogP contribution is 2.32. The normalized spacial score (nSPS) is 20.6. The average Bonchev–Trinajstić information content (AvgIpc) is 3.06. The smallest absolute Gasteiger partial charge is 0.247 e. The molecule has 1 aliphatic heterocycles. The van der Waals surface area contributed by atoms with Crippen LogP contribution in [-0.2, 0) is 4.74 Å². The minimum absolute atomic E-state index is 0.0201. The molecule has 1 fully saturated rings. The van der Waals surface area contributed by atoms with Gasteiger partial charge in [0.15, 0.2) is 6.10 Å². The van der Waals surface area contributed by atoms with Crippen molar-refractivity contribution in [3.8, 4) is 6.07 Å². The Morgan fingerprint density at radius 3 is 2.68 bits per heavy atom. The Morgan fingerprint density at radius 1 is 1.16 bits per heavy atom. The van der Waals surface area contributed by atoms with Crippen molar-refractivity contribution in [2.24, 2.45) is 0 Å². The van der Waals surface area contributed by atoms with Crippen LogP contribution in [0, 0.1) is 18.3 Å². The first-order valence-corrected chi connectivity index (χ1v) is 8.00. The van der Waals surface area contributed by atoms with Crippen molar-refractivity contribution >= 4 is 16.7 Å². The van der Waals surface area contributed by atoms with Gasteiger partial charge in [0.05, 0.1) is 23.9 Å². The number of rotatable bonds is 2. The van der Waals surface area contributed by atoms with E-state index in [9.17, 15) is 5.26 Å². The van der Waals surface area contributed by atoms with Gasteiger partial charge in [0, 0.05) is 25.9 Å². The van der Waals surface area contributed by atoms with E-state index in [0.29, 0.717) is 41.5 Å². The summed E-state index contributed by atoms with van der Waals surface area (Å²) in [6.45, 7) is 5.01. The van der Waals surface area contributed by atoms with Gasteiger partial charge in [-0.1, -0.05) is 0 Å². The van der Waals surface area contributed by atoms with E-state index in [1.165, 1.54) is 0 Å². The Hall–Kier alpha value is -3.05. The Bertz CT molecular complexity index is 963. The Labute approximate surface area is 144 Å². The molecule has 0 saturated carbocycles. The van der Waals surface area contributed by atoms with Crippen LogP contribution in [0.15, 0.2) is 28.9 Å². The number of morpholine rings is 1. The van der Waals surface area contributed by atoms with Crippen LogP contribution in [0.4, 0.5) is 5.69 Å². The first-order valence-electron chi connectivity index (χ1n) is 8.00. The molecule has 0 aliphatic carbocycles. The van der Waals surface area contributed by atoms with Crippen LogP contribution in [0.3, 0.4) is 0 Å². The fraction of sp³-hybridized carbons (Fsp3) is 0.353. The van der Waals surface area contributed by atoms with Crippen molar-refractivity contribution in [2.75, 3.05) is 18.0 Å². The summed E-state index contributed by atoms with van der Waals surface area (Å²) >= 11 is 0. The monoisotopic (exact) mass is 336 g/mol. The molecule has 4 rings (SSSR count). The number of aryl methyl sites for hydroxylation is 1. The summed E-state index contributed by atoms with van der Waals surface area (Å²) < 4.78 is 11.5. The minimum atomic E-state index is -0.313. The quantitative estimate of drug-likeness (QED) is 0.701. The largest absolute Gasteiger partial charge is 0.423 e. The van der Waals surface area contributed by atoms with E-state index in [-0.39, 0.29) is 12.2 Å². The third-order valence-electron chi connectivity index (χ3n) is 4.14. The van der Waals surface area contributed by atoms with Crippen molar-refractivity contribution in [3.63, 3.8) is 0 Å². The van der Waals surface area contributed by atoms with Gasteiger partial charge in [-0.05, 0) is 19.1 Å². The van der Waals surface area contributed by atoms with Gasteiger partial charge in [0.1, 0.15) is 17.1 Å². The topological polar surface area (TPSA) is 101 Å². The number of fused-ring (bicyclic) bond motifs is 1. The molecule has 8 heteroatoms. The Kier molecular flexibility index (Phi) is 3.78. The second-order valence-corrected chi connectivity index (χ2v) is 6.00. The van der Waals surface area contributed by atoms with E-state index < -0.39 is 0 Å². The summed E-state index contributed by atoms with van der Waals surface area (Å²) in [7, 11) is 0. The molecule has 0 bridgehead atoms. The van der Waals surface area contributed by atoms with E-state index in [4.69, 9.17) is 9.15 Å². The summed E-state index contributed by atoms with van der Waals surface area (Å²) in [4.78, 5) is 10.9. The summed E-state index contributed by atoms with van der Waals surface area (Å²) in [5, 5.41) is 17.3. The van der Waals surface area contributed by atoms with Crippen molar-refractivity contribution in [3.05, 3.63) is 41.9 Å². The molecule has 2 atom stereocenters. The van der Waals surface area contributed by atoms with E-state index in [1.54, 1.807) is 25.4 Å². The molecular formula is C17H16N6O2. The summed E-state index contributed by atoms with van der Waals surface area (Å²) in [6.07, 6.45) is 2.90. The third-order valence-corrected chi connectivity index (χ3v) is 4.14. The van der Waals surface area contributed by atoms with Crippen molar-refractivity contribution in [1.82, 2.24) is 20.2 Å². The fourth-order valence-corrected chi connectivity index (χ4v) is 3.11. The number of aromatic nitrogens is 4. The molecule has 0 radical (unpaired) electrons. The molecule has 3 heterocycles. The molecule has 8 nitrogen and oxygen atoms in total. The van der Waals surface area contributed by atoms with Gasteiger partial charge in [0.25, 0.3) is 0 Å². The summed E-state index contributed by atoms with van der Waals surface area (Å²) in [5.41, 5.74) is 2.73. The van der Waals surface area contributed by atoms with Crippen LogP contribution in [0.25, 0.3) is 11.0 Å². The molecule has 0 spiro atoms. The van der Waals surface area contributed by atoms with Crippen LogP contribution in [0.1, 0.15) is 30.4 Å². The first kappa shape index (κ1) is 15.5. The lowest BCUT2D eigenvalue weighted by Crippen LogP contribution is -2.43. The van der Waals surface area contributed by atoms with Gasteiger partial charge in [-0.3, -0.25) is 9.97 Å². The van der Waals surface area contributed by atoms with Crippen LogP contribution in [0.5, 0.6) is 0 Å². The standard InChI is InChI=1S/C17H16N6O2/c1-10-8-23(9-14(24-10)17-22-21-11(2)25-17)13-4-3-12(7-18)15-16(13)20-6-5-19-15/h3-6,10,14H,8-9H2,1-2H3. The molecule has 1 saturated heterocycles. The molecule has 126 valence electrons. The lowest BCUT2D eigenvalue weighted by Gasteiger charge is -2.37. The maximum Gasteiger partial charge on any atom is 0.247 e. The van der Waals surface area contributed by atoms with Crippen LogP contribution in [-0.4, -0.2) is 39.4 Å². The highest BCUT2D eigenvalue weighted by Gasteiger charge is 2.31. The number of nitrogens with zero attached hydrogens (tertiary/aromatic N) is 6. The Morgan fingerprint density at radius 2 is 1.96 bits per heavy atom. The van der Waals surface area contributed by atoms with Gasteiger partial charge < -0.3 is 14.1 Å². The molecule has 2 aromatic heterocycles. The van der Waals surface area contributed by atoms with Gasteiger partial charge in [-0.25, -0.2) is 0 Å². The third kappa shape index (κ3) is 2.79. The van der Waals surface area contributed by atoms with Crippen LogP contribution in [0.2, 0.25) is 0 Å². The highest BCUT2D eigenvalue weighted by atomic mass is 16.5. The molecule has 1 aliphatic rings. The van der Waals surface area contributed by atoms with Crippen LogP contribution >= 0.6 is 0 Å². The molecule has 1 aromatic carbocycles. The summed E-state index contributed by atoms with van der Waals surface area (Å²) in [5.74, 6) is 0.983. The summed E-state index contributed by atoms with van der Waals surface area (Å²) in [6, 6.07) is 5.85. The van der Waals surface area contributed by atoms with Gasteiger partial charge in [0.2, 0.25) is 11.8 Å². The zero-order valence-electron chi connectivity index (χ0n) is 13.9. The second-order valence-electron chi connectivity index (χ2n) is 6.00. The lowest BCUT2D eigenvalue weighted by molar-refractivity contribution is -0.0311. The van der Waals surface area contributed by atoms with Crippen LogP contribution < -0.4 is 4.90 Å². The van der Waals surface area contributed by atoms with E-state index in [1.807, 2.05) is 13.0 Å². The first-order chi connectivity index (χ1) is 12.2. The average molecular weight is 336 g/mol. The number of hydrogen-bond acceptors (Lipinski definition) is 8. The highest BCUT2D eigenvalue weighted by molar-refractivity contribution is 5.92. The maximum atomic E-state index is 9.29. The predicted molar refractivity (Wildman–Crippen MR) is 88.8 cm³/mol. The number of benzene rings is 1. The Balaban J connectivity index is 1.74. The molecular weight excluding hydrogens is 320 g/mol. The fourth-order valence-electron chi connectivity index (χ4n) is 3.11. The van der Waals surface area contributed by atoms with Gasteiger partial charge in [-0.2, -0.15) is 5.26 Å². The number of ether oxygens (including phenoxy) is 1. The SMILES string of the molecule is Cc1nnc(C2CN(c3ccc(C#N)c4nccnc34)CC(C)O2)o1. The van der Waals surface area contributed by atoms with Crippen molar-refractivity contribution in [1.29, 1.82) is 5.26 Å². The lowest BCUT2D eigenvalue weighted by atomic mass is 10.1. The minimum Gasteiger partial charge on any atom is -0.423 e. The molecule has 2 unspecified atom stereocenters. The molecule has 3 aromatic rings. The van der Waals surface area contributed by atoms with E-state index in [0.717, 1.165) is 5.69 Å². The zero-order valence-corrected chi connectivity index (χ0v) is 13.9. The number of anilines is 1. The molecule has 0 amide bonds. The van der Waals surface area contributed by atoms with Gasteiger partial charge in [-0.15, -0.1) is 10.2 Å². The molecule has 25 heavy (non-hydrogen) atoms. The van der Waals surface area contributed by atoms with E-state index >= 15 is 0 Å². The molecule has 0 N–H and O–H groups in total. The van der Waals surface area contributed by atoms with Crippen molar-refractivity contribution in [2.45, 2.75) is 26.1 Å². The van der Waals surface area contributed by atoms with E-state index in [2.05, 4.69) is 31.1 Å². The second kappa shape index (κ2) is 6.11. The zero-order chi connectivity index (χ0) is 17.4. The number of nitriles is 1.